The molecule has 1 heterocycles. The molecule has 0 spiro atoms. The van der Waals surface area contributed by atoms with E-state index in [1.165, 1.54) is 0 Å². The van der Waals surface area contributed by atoms with Crippen molar-refractivity contribution in [3.8, 4) is 0 Å². The van der Waals surface area contributed by atoms with Gasteiger partial charge in [-0.25, -0.2) is 4.98 Å². The van der Waals surface area contributed by atoms with E-state index in [1.807, 2.05) is 7.05 Å². The number of rotatable bonds is 2. The van der Waals surface area contributed by atoms with Gasteiger partial charge in [-0.3, -0.25) is 4.98 Å². The van der Waals surface area contributed by atoms with Gasteiger partial charge >= 0.3 is 0 Å². The normalized spacial score (nSPS) is 10.2. The quantitative estimate of drug-likeness (QED) is 0.638. The molecule has 0 bridgehead atoms. The number of hydrogen-bond donors (Lipinski definition) is 0. The molecule has 0 radical (unpaired) electrons. The van der Waals surface area contributed by atoms with Gasteiger partial charge in [-0.15, -0.1) is 0 Å². The Morgan fingerprint density at radius 1 is 1.36 bits per heavy atom. The summed E-state index contributed by atoms with van der Waals surface area (Å²) in [7, 11) is 2.01. The first-order valence-electron chi connectivity index (χ1n) is 3.70. The van der Waals surface area contributed by atoms with Crippen molar-refractivity contribution in [2.75, 3.05) is 11.9 Å². The molecule has 0 atom stereocenters. The van der Waals surface area contributed by atoms with E-state index in [1.54, 1.807) is 18.6 Å². The highest BCUT2D eigenvalue weighted by Crippen LogP contribution is 2.07. The van der Waals surface area contributed by atoms with Crippen LogP contribution in [-0.2, 0) is 0 Å². The topological polar surface area (TPSA) is 29.0 Å². The second-order valence-electron chi connectivity index (χ2n) is 2.77. The van der Waals surface area contributed by atoms with Crippen LogP contribution in [0.2, 0.25) is 0 Å². The zero-order valence-corrected chi connectivity index (χ0v) is 7.15. The summed E-state index contributed by atoms with van der Waals surface area (Å²) >= 11 is 0. The third-order valence-electron chi connectivity index (χ3n) is 1.69. The summed E-state index contributed by atoms with van der Waals surface area (Å²) in [5.41, 5.74) is 0. The van der Waals surface area contributed by atoms with Gasteiger partial charge in [-0.05, 0) is 13.8 Å². The fraction of sp³-hybridized carbons (Fsp3) is 0.500. The lowest BCUT2D eigenvalue weighted by Gasteiger charge is -2.21. The van der Waals surface area contributed by atoms with Crippen molar-refractivity contribution < 1.29 is 0 Å². The monoisotopic (exact) mass is 151 g/mol. The molecule has 60 valence electrons. The zero-order chi connectivity index (χ0) is 8.27. The molecular formula is C8H13N3. The molecule has 0 aromatic carbocycles. The van der Waals surface area contributed by atoms with Crippen LogP contribution in [-0.4, -0.2) is 23.1 Å². The molecular weight excluding hydrogens is 138 g/mol. The first-order valence-corrected chi connectivity index (χ1v) is 3.70. The van der Waals surface area contributed by atoms with Crippen LogP contribution < -0.4 is 4.90 Å². The van der Waals surface area contributed by atoms with Crippen LogP contribution in [0.1, 0.15) is 13.8 Å². The smallest absolute Gasteiger partial charge is 0.147 e. The largest absolute Gasteiger partial charge is 0.356 e. The standard InChI is InChI=1S/C8H13N3/c1-7(2)11(3)8-6-9-4-5-10-8/h4-7H,1-3H3. The summed E-state index contributed by atoms with van der Waals surface area (Å²) in [6, 6.07) is 0.465. The Balaban J connectivity index is 2.77. The molecule has 1 aromatic rings. The van der Waals surface area contributed by atoms with Crippen molar-refractivity contribution in [3.05, 3.63) is 18.6 Å². The molecule has 0 unspecified atom stereocenters. The van der Waals surface area contributed by atoms with Crippen LogP contribution in [0.15, 0.2) is 18.6 Å². The second kappa shape index (κ2) is 3.32. The van der Waals surface area contributed by atoms with Crippen molar-refractivity contribution >= 4 is 5.82 Å². The molecule has 0 aliphatic carbocycles. The summed E-state index contributed by atoms with van der Waals surface area (Å²) < 4.78 is 0. The molecule has 0 N–H and O–H groups in total. The van der Waals surface area contributed by atoms with E-state index in [4.69, 9.17) is 0 Å². The van der Waals surface area contributed by atoms with E-state index < -0.39 is 0 Å². The Morgan fingerprint density at radius 3 is 2.55 bits per heavy atom. The highest BCUT2D eigenvalue weighted by Gasteiger charge is 2.04. The zero-order valence-electron chi connectivity index (χ0n) is 7.15. The molecule has 1 rings (SSSR count). The Bertz CT molecular complexity index is 208. The van der Waals surface area contributed by atoms with E-state index in [0.29, 0.717) is 6.04 Å². The molecule has 0 aliphatic heterocycles. The molecule has 1 aromatic heterocycles. The molecule has 0 amide bonds. The maximum absolute atomic E-state index is 4.16. The van der Waals surface area contributed by atoms with Crippen molar-refractivity contribution in [3.63, 3.8) is 0 Å². The third-order valence-corrected chi connectivity index (χ3v) is 1.69. The summed E-state index contributed by atoms with van der Waals surface area (Å²) in [5, 5.41) is 0. The van der Waals surface area contributed by atoms with Gasteiger partial charge in [-0.1, -0.05) is 0 Å². The van der Waals surface area contributed by atoms with Crippen molar-refractivity contribution in [1.29, 1.82) is 0 Å². The van der Waals surface area contributed by atoms with E-state index in [2.05, 4.69) is 28.7 Å². The number of hydrogen-bond acceptors (Lipinski definition) is 3. The first-order chi connectivity index (χ1) is 5.22. The Morgan fingerprint density at radius 2 is 2.09 bits per heavy atom. The molecule has 0 saturated heterocycles. The Kier molecular flexibility index (Phi) is 2.41. The van der Waals surface area contributed by atoms with Gasteiger partial charge in [-0.2, -0.15) is 0 Å². The van der Waals surface area contributed by atoms with Crippen molar-refractivity contribution in [2.24, 2.45) is 0 Å². The van der Waals surface area contributed by atoms with Gasteiger partial charge in [0.05, 0.1) is 6.20 Å². The summed E-state index contributed by atoms with van der Waals surface area (Å²) in [4.78, 5) is 10.2. The first kappa shape index (κ1) is 7.98. The van der Waals surface area contributed by atoms with Gasteiger partial charge in [0.2, 0.25) is 0 Å². The average Bonchev–Trinajstić information content (AvgIpc) is 2.05. The van der Waals surface area contributed by atoms with E-state index in [9.17, 15) is 0 Å². The van der Waals surface area contributed by atoms with E-state index in [0.717, 1.165) is 5.82 Å². The minimum atomic E-state index is 0.465. The lowest BCUT2D eigenvalue weighted by Crippen LogP contribution is -2.26. The molecule has 0 saturated carbocycles. The van der Waals surface area contributed by atoms with Gasteiger partial charge in [0.15, 0.2) is 0 Å². The highest BCUT2D eigenvalue weighted by atomic mass is 15.2. The fourth-order valence-corrected chi connectivity index (χ4v) is 0.738. The van der Waals surface area contributed by atoms with Gasteiger partial charge in [0.25, 0.3) is 0 Å². The van der Waals surface area contributed by atoms with Crippen LogP contribution in [0.4, 0.5) is 5.82 Å². The molecule has 3 heteroatoms. The lowest BCUT2D eigenvalue weighted by atomic mass is 10.3. The molecule has 0 aliphatic rings. The van der Waals surface area contributed by atoms with Gasteiger partial charge in [0.1, 0.15) is 5.82 Å². The SMILES string of the molecule is CC(C)N(C)c1cnccn1. The number of aromatic nitrogens is 2. The molecule has 11 heavy (non-hydrogen) atoms. The molecule has 3 nitrogen and oxygen atoms in total. The van der Waals surface area contributed by atoms with Gasteiger partial charge in [0, 0.05) is 25.5 Å². The van der Waals surface area contributed by atoms with Crippen LogP contribution >= 0.6 is 0 Å². The van der Waals surface area contributed by atoms with Crippen LogP contribution in [0.3, 0.4) is 0 Å². The number of nitrogens with zero attached hydrogens (tertiary/aromatic N) is 3. The second-order valence-corrected chi connectivity index (χ2v) is 2.77. The predicted molar refractivity (Wildman–Crippen MR) is 45.6 cm³/mol. The maximum atomic E-state index is 4.16. The fourth-order valence-electron chi connectivity index (χ4n) is 0.738. The highest BCUT2D eigenvalue weighted by molar-refractivity contribution is 5.34. The van der Waals surface area contributed by atoms with Crippen LogP contribution in [0, 0.1) is 0 Å². The van der Waals surface area contributed by atoms with E-state index >= 15 is 0 Å². The summed E-state index contributed by atoms with van der Waals surface area (Å²) in [6.45, 7) is 4.24. The average molecular weight is 151 g/mol. The third kappa shape index (κ3) is 1.90. The minimum Gasteiger partial charge on any atom is -0.356 e. The Labute approximate surface area is 67.1 Å². The van der Waals surface area contributed by atoms with Crippen LogP contribution in [0.5, 0.6) is 0 Å². The minimum absolute atomic E-state index is 0.465. The van der Waals surface area contributed by atoms with Crippen molar-refractivity contribution in [1.82, 2.24) is 9.97 Å². The molecule has 0 fully saturated rings. The lowest BCUT2D eigenvalue weighted by molar-refractivity contribution is 0.740. The Hall–Kier alpha value is -1.12. The number of anilines is 1. The van der Waals surface area contributed by atoms with Crippen molar-refractivity contribution in [2.45, 2.75) is 19.9 Å². The van der Waals surface area contributed by atoms with E-state index in [-0.39, 0.29) is 0 Å². The predicted octanol–water partition coefficient (Wildman–Crippen LogP) is 1.32. The summed E-state index contributed by atoms with van der Waals surface area (Å²) in [5.74, 6) is 0.919. The van der Waals surface area contributed by atoms with Gasteiger partial charge < -0.3 is 4.90 Å². The van der Waals surface area contributed by atoms with Crippen LogP contribution in [0.25, 0.3) is 0 Å². The summed E-state index contributed by atoms with van der Waals surface area (Å²) in [6.07, 6.45) is 5.14. The maximum Gasteiger partial charge on any atom is 0.147 e.